The topological polar surface area (TPSA) is 48.9 Å². The minimum absolute atomic E-state index is 0.0424. The summed E-state index contributed by atoms with van der Waals surface area (Å²) in [6.07, 6.45) is 4.68. The highest BCUT2D eigenvalue weighted by atomic mass is 16.5. The fourth-order valence-corrected chi connectivity index (χ4v) is 3.92. The van der Waals surface area contributed by atoms with Crippen molar-refractivity contribution < 1.29 is 4.74 Å². The van der Waals surface area contributed by atoms with Crippen molar-refractivity contribution in [1.29, 1.82) is 0 Å². The minimum Gasteiger partial charge on any atom is -0.373 e. The summed E-state index contributed by atoms with van der Waals surface area (Å²) in [6, 6.07) is 10.8. The summed E-state index contributed by atoms with van der Waals surface area (Å²) >= 11 is 0. The van der Waals surface area contributed by atoms with Crippen LogP contribution in [0.4, 0.5) is 0 Å². The molecule has 3 rings (SSSR count). The van der Waals surface area contributed by atoms with E-state index in [0.717, 1.165) is 51.5 Å². The van der Waals surface area contributed by atoms with Gasteiger partial charge in [-0.2, -0.15) is 0 Å². The van der Waals surface area contributed by atoms with Crippen molar-refractivity contribution in [3.8, 4) is 0 Å². The van der Waals surface area contributed by atoms with Crippen molar-refractivity contribution >= 4 is 5.96 Å². The minimum atomic E-state index is -0.0424. The maximum Gasteiger partial charge on any atom is 0.191 e. The van der Waals surface area contributed by atoms with E-state index in [1.54, 1.807) is 0 Å². The molecule has 5 nitrogen and oxygen atoms in total. The molecule has 26 heavy (non-hydrogen) atoms. The number of benzene rings is 1. The van der Waals surface area contributed by atoms with Crippen LogP contribution >= 0.6 is 0 Å². The Bertz CT molecular complexity index is 569. The highest BCUT2D eigenvalue weighted by Gasteiger charge is 2.30. The molecule has 144 valence electrons. The highest BCUT2D eigenvalue weighted by molar-refractivity contribution is 5.79. The summed E-state index contributed by atoms with van der Waals surface area (Å²) in [5, 5.41) is 6.94. The van der Waals surface area contributed by atoms with Crippen LogP contribution in [0, 0.1) is 5.92 Å². The monoisotopic (exact) mass is 358 g/mol. The van der Waals surface area contributed by atoms with Crippen molar-refractivity contribution in [3.05, 3.63) is 35.9 Å². The predicted octanol–water partition coefficient (Wildman–Crippen LogP) is 2.29. The molecule has 2 fully saturated rings. The van der Waals surface area contributed by atoms with E-state index in [9.17, 15) is 0 Å². The molecule has 0 aromatic heterocycles. The van der Waals surface area contributed by atoms with Gasteiger partial charge in [-0.3, -0.25) is 4.99 Å². The number of rotatable bonds is 7. The maximum absolute atomic E-state index is 5.84. The molecule has 2 atom stereocenters. The van der Waals surface area contributed by atoms with Gasteiger partial charge in [-0.15, -0.1) is 0 Å². The van der Waals surface area contributed by atoms with Gasteiger partial charge in [0.15, 0.2) is 5.96 Å². The molecule has 2 aliphatic rings. The summed E-state index contributed by atoms with van der Waals surface area (Å²) in [6.45, 7) is 8.41. The Hall–Kier alpha value is -1.59. The first-order valence-corrected chi connectivity index (χ1v) is 10.0. The zero-order chi connectivity index (χ0) is 18.2. The number of guanidine groups is 1. The molecule has 2 unspecified atom stereocenters. The lowest BCUT2D eigenvalue weighted by Gasteiger charge is -2.25. The Morgan fingerprint density at radius 2 is 2.15 bits per heavy atom. The molecule has 1 aromatic carbocycles. The van der Waals surface area contributed by atoms with Crippen LogP contribution in [0.25, 0.3) is 0 Å². The zero-order valence-electron chi connectivity index (χ0n) is 16.3. The Kier molecular flexibility index (Phi) is 6.92. The number of hydrogen-bond donors (Lipinski definition) is 2. The average Bonchev–Trinajstić information content (AvgIpc) is 3.30. The van der Waals surface area contributed by atoms with Crippen molar-refractivity contribution in [3.63, 3.8) is 0 Å². The summed E-state index contributed by atoms with van der Waals surface area (Å²) in [4.78, 5) is 6.95. The SMILES string of the molecule is CN=C(NCC1CCN(CCc2ccccc2)C1)NCC1(C)CCCO1. The van der Waals surface area contributed by atoms with Gasteiger partial charge in [0.2, 0.25) is 0 Å². The van der Waals surface area contributed by atoms with Gasteiger partial charge in [-0.05, 0) is 50.6 Å². The first kappa shape index (κ1) is 19.2. The summed E-state index contributed by atoms with van der Waals surface area (Å²) in [5.74, 6) is 1.59. The Morgan fingerprint density at radius 3 is 2.88 bits per heavy atom. The molecule has 2 aliphatic heterocycles. The first-order chi connectivity index (χ1) is 12.7. The summed E-state index contributed by atoms with van der Waals surface area (Å²) < 4.78 is 5.84. The molecule has 0 bridgehead atoms. The lowest BCUT2D eigenvalue weighted by molar-refractivity contribution is 0.0242. The number of aliphatic imine (C=N–C) groups is 1. The van der Waals surface area contributed by atoms with E-state index in [0.29, 0.717) is 5.92 Å². The fraction of sp³-hybridized carbons (Fsp3) is 0.667. The maximum atomic E-state index is 5.84. The van der Waals surface area contributed by atoms with Gasteiger partial charge >= 0.3 is 0 Å². The van der Waals surface area contributed by atoms with Gasteiger partial charge < -0.3 is 20.3 Å². The van der Waals surface area contributed by atoms with Crippen molar-refractivity contribution in [2.45, 2.75) is 38.2 Å². The van der Waals surface area contributed by atoms with Gasteiger partial charge in [-0.25, -0.2) is 0 Å². The van der Waals surface area contributed by atoms with Crippen molar-refractivity contribution in [2.24, 2.45) is 10.9 Å². The second-order valence-electron chi connectivity index (χ2n) is 7.90. The molecule has 2 N–H and O–H groups in total. The predicted molar refractivity (Wildman–Crippen MR) is 108 cm³/mol. The third-order valence-corrected chi connectivity index (χ3v) is 5.64. The lowest BCUT2D eigenvalue weighted by Crippen LogP contribution is -2.46. The van der Waals surface area contributed by atoms with E-state index in [-0.39, 0.29) is 5.60 Å². The molecule has 2 saturated heterocycles. The summed E-state index contributed by atoms with van der Waals surface area (Å²) in [7, 11) is 1.84. The number of hydrogen-bond acceptors (Lipinski definition) is 3. The molecule has 0 radical (unpaired) electrons. The van der Waals surface area contributed by atoms with Crippen LogP contribution < -0.4 is 10.6 Å². The van der Waals surface area contributed by atoms with E-state index in [4.69, 9.17) is 4.74 Å². The van der Waals surface area contributed by atoms with E-state index < -0.39 is 0 Å². The molecule has 0 spiro atoms. The summed E-state index contributed by atoms with van der Waals surface area (Å²) in [5.41, 5.74) is 1.39. The van der Waals surface area contributed by atoms with Crippen molar-refractivity contribution in [2.75, 3.05) is 46.4 Å². The van der Waals surface area contributed by atoms with E-state index >= 15 is 0 Å². The average molecular weight is 359 g/mol. The van der Waals surface area contributed by atoms with E-state index in [1.807, 2.05) is 7.05 Å². The number of likely N-dealkylation sites (tertiary alicyclic amines) is 1. The van der Waals surface area contributed by atoms with Gasteiger partial charge in [0.25, 0.3) is 0 Å². The molecule has 0 saturated carbocycles. The molecule has 2 heterocycles. The van der Waals surface area contributed by atoms with Gasteiger partial charge in [-0.1, -0.05) is 30.3 Å². The number of ether oxygens (including phenoxy) is 1. The van der Waals surface area contributed by atoms with Crippen LogP contribution in [0.2, 0.25) is 0 Å². The van der Waals surface area contributed by atoms with Crippen LogP contribution in [0.5, 0.6) is 0 Å². The second-order valence-corrected chi connectivity index (χ2v) is 7.90. The fourth-order valence-electron chi connectivity index (χ4n) is 3.92. The highest BCUT2D eigenvalue weighted by Crippen LogP contribution is 2.23. The third kappa shape index (κ3) is 5.71. The normalized spacial score (nSPS) is 27.0. The molecule has 1 aromatic rings. The van der Waals surface area contributed by atoms with Gasteiger partial charge in [0.1, 0.15) is 0 Å². The van der Waals surface area contributed by atoms with Crippen LogP contribution in [0.1, 0.15) is 31.7 Å². The molecular formula is C21H34N4O. The number of nitrogens with zero attached hydrogens (tertiary/aromatic N) is 2. The van der Waals surface area contributed by atoms with Gasteiger partial charge in [0, 0.05) is 39.8 Å². The van der Waals surface area contributed by atoms with Crippen molar-refractivity contribution in [1.82, 2.24) is 15.5 Å². The van der Waals surface area contributed by atoms with E-state index in [2.05, 4.69) is 57.8 Å². The smallest absolute Gasteiger partial charge is 0.191 e. The Morgan fingerprint density at radius 1 is 1.31 bits per heavy atom. The Balaban J connectivity index is 1.34. The Labute approximate surface area is 158 Å². The van der Waals surface area contributed by atoms with Crippen LogP contribution in [-0.2, 0) is 11.2 Å². The third-order valence-electron chi connectivity index (χ3n) is 5.64. The van der Waals surface area contributed by atoms with Crippen LogP contribution in [0.15, 0.2) is 35.3 Å². The molecule has 0 aliphatic carbocycles. The quantitative estimate of drug-likeness (QED) is 0.580. The van der Waals surface area contributed by atoms with E-state index in [1.165, 1.54) is 25.1 Å². The van der Waals surface area contributed by atoms with Gasteiger partial charge in [0.05, 0.1) is 5.60 Å². The van der Waals surface area contributed by atoms with Crippen LogP contribution in [-0.4, -0.2) is 62.8 Å². The molecular weight excluding hydrogens is 324 g/mol. The van der Waals surface area contributed by atoms with Crippen LogP contribution in [0.3, 0.4) is 0 Å². The lowest BCUT2D eigenvalue weighted by atomic mass is 10.0. The molecule has 0 amide bonds. The second kappa shape index (κ2) is 9.38. The molecule has 5 heteroatoms. The standard InChI is InChI=1S/C21H34N4O/c1-21(11-6-14-26-21)17-24-20(22-2)23-15-19-10-13-25(16-19)12-9-18-7-4-3-5-8-18/h3-5,7-8,19H,6,9-17H2,1-2H3,(H2,22,23,24). The largest absolute Gasteiger partial charge is 0.373 e. The number of nitrogens with one attached hydrogen (secondary N) is 2. The first-order valence-electron chi connectivity index (χ1n) is 10.0. The zero-order valence-corrected chi connectivity index (χ0v) is 16.3.